The van der Waals surface area contributed by atoms with E-state index in [1.54, 1.807) is 4.90 Å². The van der Waals surface area contributed by atoms with Crippen LogP contribution < -0.4 is 10.6 Å². The van der Waals surface area contributed by atoms with Gasteiger partial charge in [-0.3, -0.25) is 4.79 Å². The van der Waals surface area contributed by atoms with Crippen LogP contribution in [0.15, 0.2) is 0 Å². The summed E-state index contributed by atoms with van der Waals surface area (Å²) in [6.45, 7) is 9.72. The summed E-state index contributed by atoms with van der Waals surface area (Å²) in [7, 11) is 0. The Bertz CT molecular complexity index is 553. The van der Waals surface area contributed by atoms with E-state index in [0.29, 0.717) is 5.13 Å². The van der Waals surface area contributed by atoms with Crippen LogP contribution >= 0.6 is 11.3 Å². The quantitative estimate of drug-likeness (QED) is 0.894. The fraction of sp³-hybridized carbons (Fsp3) is 0.667. The average Bonchev–Trinajstić information content (AvgIpc) is 3.12. The van der Waals surface area contributed by atoms with Crippen molar-refractivity contribution in [2.24, 2.45) is 0 Å². The number of aryl methyl sites for hydroxylation is 2. The number of carbonyl (C=O) groups excluding carboxylic acids is 2. The monoisotopic (exact) mass is 324 g/mol. The summed E-state index contributed by atoms with van der Waals surface area (Å²) in [4.78, 5) is 31.5. The van der Waals surface area contributed by atoms with Crippen molar-refractivity contribution in [3.8, 4) is 0 Å². The maximum atomic E-state index is 12.3. The minimum atomic E-state index is -0.315. The first kappa shape index (κ1) is 16.7. The maximum absolute atomic E-state index is 12.3. The molecule has 0 atom stereocenters. The summed E-state index contributed by atoms with van der Waals surface area (Å²) < 4.78 is 0. The molecule has 6 nitrogen and oxygen atoms in total. The van der Waals surface area contributed by atoms with Crippen LogP contribution in [0.5, 0.6) is 0 Å². The fourth-order valence-corrected chi connectivity index (χ4v) is 2.82. The molecule has 0 spiro atoms. The molecule has 1 fully saturated rings. The lowest BCUT2D eigenvalue weighted by molar-refractivity contribution is -0.116. The molecule has 122 valence electrons. The van der Waals surface area contributed by atoms with E-state index < -0.39 is 0 Å². The molecule has 0 radical (unpaired) electrons. The molecule has 1 aliphatic rings. The van der Waals surface area contributed by atoms with Gasteiger partial charge in [-0.05, 0) is 47.5 Å². The smallest absolute Gasteiger partial charge is 0.318 e. The first-order valence-electron chi connectivity index (χ1n) is 7.48. The highest BCUT2D eigenvalue weighted by Gasteiger charge is 2.35. The number of nitrogens with zero attached hydrogens (tertiary/aromatic N) is 2. The molecular formula is C15H24N4O2S. The Morgan fingerprint density at radius 3 is 2.41 bits per heavy atom. The third kappa shape index (κ3) is 4.69. The third-order valence-electron chi connectivity index (χ3n) is 3.32. The molecule has 7 heteroatoms. The van der Waals surface area contributed by atoms with Crippen LogP contribution in [0.4, 0.5) is 9.93 Å². The molecule has 0 aromatic carbocycles. The Hall–Kier alpha value is -1.63. The number of rotatable bonds is 4. The predicted molar refractivity (Wildman–Crippen MR) is 88.2 cm³/mol. The number of hydrogen-bond donors (Lipinski definition) is 2. The molecule has 0 bridgehead atoms. The highest BCUT2D eigenvalue weighted by molar-refractivity contribution is 7.15. The van der Waals surface area contributed by atoms with Gasteiger partial charge >= 0.3 is 6.03 Å². The molecule has 1 aliphatic carbocycles. The normalized spacial score (nSPS) is 14.6. The first-order valence-corrected chi connectivity index (χ1v) is 8.30. The molecule has 1 aromatic rings. The number of urea groups is 1. The van der Waals surface area contributed by atoms with E-state index in [1.807, 2.05) is 34.6 Å². The second-order valence-corrected chi connectivity index (χ2v) is 7.95. The van der Waals surface area contributed by atoms with Crippen LogP contribution in [0.3, 0.4) is 0 Å². The Balaban J connectivity index is 1.96. The molecule has 1 heterocycles. The SMILES string of the molecule is Cc1nc(NC(=O)CN(C(=O)NC(C)(C)C)C2CC2)sc1C. The lowest BCUT2D eigenvalue weighted by Gasteiger charge is -2.28. The maximum Gasteiger partial charge on any atom is 0.318 e. The molecular weight excluding hydrogens is 300 g/mol. The van der Waals surface area contributed by atoms with Crippen LogP contribution in [-0.4, -0.2) is 39.9 Å². The highest BCUT2D eigenvalue weighted by atomic mass is 32.1. The fourth-order valence-electron chi connectivity index (χ4n) is 1.99. The Morgan fingerprint density at radius 1 is 1.32 bits per heavy atom. The van der Waals surface area contributed by atoms with Crippen molar-refractivity contribution in [2.75, 3.05) is 11.9 Å². The van der Waals surface area contributed by atoms with Crippen molar-refractivity contribution in [2.45, 2.75) is 59.0 Å². The predicted octanol–water partition coefficient (Wildman–Crippen LogP) is 2.67. The lowest BCUT2D eigenvalue weighted by Crippen LogP contribution is -2.51. The molecule has 22 heavy (non-hydrogen) atoms. The van der Waals surface area contributed by atoms with E-state index >= 15 is 0 Å². The van der Waals surface area contributed by atoms with Gasteiger partial charge < -0.3 is 15.5 Å². The van der Waals surface area contributed by atoms with Gasteiger partial charge in [0.1, 0.15) is 6.54 Å². The van der Waals surface area contributed by atoms with Gasteiger partial charge in [-0.25, -0.2) is 9.78 Å². The minimum absolute atomic E-state index is 0.0598. The molecule has 0 aliphatic heterocycles. The number of aromatic nitrogens is 1. The van der Waals surface area contributed by atoms with E-state index in [-0.39, 0.29) is 30.1 Å². The van der Waals surface area contributed by atoms with E-state index in [1.165, 1.54) is 11.3 Å². The second-order valence-electron chi connectivity index (χ2n) is 6.75. The molecule has 0 unspecified atom stereocenters. The Morgan fingerprint density at radius 2 is 1.95 bits per heavy atom. The summed E-state index contributed by atoms with van der Waals surface area (Å²) >= 11 is 1.45. The van der Waals surface area contributed by atoms with Crippen LogP contribution in [0.2, 0.25) is 0 Å². The number of thiazole rings is 1. The van der Waals surface area contributed by atoms with E-state index in [0.717, 1.165) is 23.4 Å². The van der Waals surface area contributed by atoms with Crippen LogP contribution in [0, 0.1) is 13.8 Å². The van der Waals surface area contributed by atoms with E-state index in [4.69, 9.17) is 0 Å². The number of carbonyl (C=O) groups is 2. The molecule has 1 saturated carbocycles. The van der Waals surface area contributed by atoms with Gasteiger partial charge in [0.05, 0.1) is 5.69 Å². The third-order valence-corrected chi connectivity index (χ3v) is 4.31. The summed E-state index contributed by atoms with van der Waals surface area (Å²) in [5, 5.41) is 6.29. The molecule has 3 amide bonds. The van der Waals surface area contributed by atoms with Crippen LogP contribution in [0.25, 0.3) is 0 Å². The minimum Gasteiger partial charge on any atom is -0.333 e. The van der Waals surface area contributed by atoms with Gasteiger partial charge in [-0.15, -0.1) is 11.3 Å². The largest absolute Gasteiger partial charge is 0.333 e. The summed E-state index contributed by atoms with van der Waals surface area (Å²) in [6.07, 6.45) is 1.92. The zero-order valence-corrected chi connectivity index (χ0v) is 14.6. The average molecular weight is 324 g/mol. The van der Waals surface area contributed by atoms with Crippen molar-refractivity contribution in [1.82, 2.24) is 15.2 Å². The summed E-state index contributed by atoms with van der Waals surface area (Å²) in [5.41, 5.74) is 0.606. The van der Waals surface area contributed by atoms with Gasteiger partial charge in [0.2, 0.25) is 5.91 Å². The van der Waals surface area contributed by atoms with Crippen molar-refractivity contribution in [3.05, 3.63) is 10.6 Å². The van der Waals surface area contributed by atoms with Gasteiger partial charge in [0.25, 0.3) is 0 Å². The zero-order chi connectivity index (χ0) is 16.5. The van der Waals surface area contributed by atoms with Crippen LogP contribution in [-0.2, 0) is 4.79 Å². The first-order chi connectivity index (χ1) is 10.2. The van der Waals surface area contributed by atoms with Crippen LogP contribution in [0.1, 0.15) is 44.2 Å². The van der Waals surface area contributed by atoms with Gasteiger partial charge in [0, 0.05) is 16.5 Å². The number of amides is 3. The van der Waals surface area contributed by atoms with Crippen molar-refractivity contribution < 1.29 is 9.59 Å². The molecule has 0 saturated heterocycles. The second kappa shape index (κ2) is 6.24. The Labute approximate surface area is 135 Å². The number of hydrogen-bond acceptors (Lipinski definition) is 4. The van der Waals surface area contributed by atoms with Crippen molar-refractivity contribution in [3.63, 3.8) is 0 Å². The zero-order valence-electron chi connectivity index (χ0n) is 13.8. The molecule has 1 aromatic heterocycles. The Kier molecular flexibility index (Phi) is 4.75. The standard InChI is InChI=1S/C15H24N4O2S/c1-9-10(2)22-13(16-9)17-12(20)8-19(11-6-7-11)14(21)18-15(3,4)5/h11H,6-8H2,1-5H3,(H,18,21)(H,16,17,20). The summed E-state index contributed by atoms with van der Waals surface area (Å²) in [5.74, 6) is -0.204. The topological polar surface area (TPSA) is 74.3 Å². The summed E-state index contributed by atoms with van der Waals surface area (Å²) in [6, 6.07) is -0.00971. The van der Waals surface area contributed by atoms with E-state index in [9.17, 15) is 9.59 Å². The highest BCUT2D eigenvalue weighted by Crippen LogP contribution is 2.27. The number of anilines is 1. The van der Waals surface area contributed by atoms with Gasteiger partial charge in [-0.1, -0.05) is 0 Å². The van der Waals surface area contributed by atoms with Crippen molar-refractivity contribution in [1.29, 1.82) is 0 Å². The van der Waals surface area contributed by atoms with Gasteiger partial charge in [0.15, 0.2) is 5.13 Å². The van der Waals surface area contributed by atoms with E-state index in [2.05, 4.69) is 15.6 Å². The van der Waals surface area contributed by atoms with Crippen molar-refractivity contribution >= 4 is 28.4 Å². The van der Waals surface area contributed by atoms with Gasteiger partial charge in [-0.2, -0.15) is 0 Å². The lowest BCUT2D eigenvalue weighted by atomic mass is 10.1. The number of nitrogens with one attached hydrogen (secondary N) is 2. The molecule has 2 N–H and O–H groups in total. The molecule has 2 rings (SSSR count).